The van der Waals surface area contributed by atoms with Crippen molar-refractivity contribution in [2.24, 2.45) is 0 Å². The standard InChI is InChI=1S/C15H18F2N4O2/c16-12-1-2-13(14(17)7-12)15(22,9-21-11-18-10-19-21)8-20-3-5-23-6-4-20/h1-2,7,10-11,22H,3-6,8-9H2/t15-/m0/s1. The summed E-state index contributed by atoms with van der Waals surface area (Å²) in [4.78, 5) is 5.83. The van der Waals surface area contributed by atoms with Gasteiger partial charge in [0.25, 0.3) is 0 Å². The molecule has 8 heteroatoms. The number of hydrogen-bond acceptors (Lipinski definition) is 5. The van der Waals surface area contributed by atoms with E-state index in [9.17, 15) is 13.9 Å². The summed E-state index contributed by atoms with van der Waals surface area (Å²) in [5, 5.41) is 15.1. The molecule has 1 aliphatic heterocycles. The second-order valence-corrected chi connectivity index (χ2v) is 5.64. The van der Waals surface area contributed by atoms with Gasteiger partial charge in [0.15, 0.2) is 0 Å². The zero-order valence-electron chi connectivity index (χ0n) is 12.5. The van der Waals surface area contributed by atoms with E-state index in [-0.39, 0.29) is 18.7 Å². The molecule has 0 amide bonds. The van der Waals surface area contributed by atoms with Crippen molar-refractivity contribution in [3.63, 3.8) is 0 Å². The van der Waals surface area contributed by atoms with Crippen LogP contribution < -0.4 is 0 Å². The quantitative estimate of drug-likeness (QED) is 0.880. The number of hydrogen-bond donors (Lipinski definition) is 1. The molecule has 0 saturated carbocycles. The molecule has 1 aromatic heterocycles. The largest absolute Gasteiger partial charge is 0.382 e. The molecule has 0 aliphatic carbocycles. The monoisotopic (exact) mass is 324 g/mol. The third kappa shape index (κ3) is 3.72. The van der Waals surface area contributed by atoms with Crippen molar-refractivity contribution in [2.45, 2.75) is 12.1 Å². The SMILES string of the molecule is O[C@@](CN1CCOCC1)(Cn1cncn1)c1ccc(F)cc1F. The molecule has 1 saturated heterocycles. The fraction of sp³-hybridized carbons (Fsp3) is 0.467. The number of β-amino-alcohol motifs (C(OH)–C–C–N with tert-alkyl or cyclic N) is 1. The predicted molar refractivity (Wildman–Crippen MR) is 77.5 cm³/mol. The highest BCUT2D eigenvalue weighted by atomic mass is 19.1. The number of morpholine rings is 1. The number of ether oxygens (including phenoxy) is 1. The Balaban J connectivity index is 1.90. The smallest absolute Gasteiger partial charge is 0.137 e. The van der Waals surface area contributed by atoms with Crippen LogP contribution in [0.3, 0.4) is 0 Å². The third-order valence-corrected chi connectivity index (χ3v) is 3.91. The molecule has 6 nitrogen and oxygen atoms in total. The first-order valence-electron chi connectivity index (χ1n) is 7.37. The van der Waals surface area contributed by atoms with E-state index < -0.39 is 17.2 Å². The number of aliphatic hydroxyl groups is 1. The molecule has 23 heavy (non-hydrogen) atoms. The Morgan fingerprint density at radius 1 is 1.22 bits per heavy atom. The van der Waals surface area contributed by atoms with Gasteiger partial charge in [0, 0.05) is 31.3 Å². The van der Waals surface area contributed by atoms with Crippen LogP contribution in [0.4, 0.5) is 8.78 Å². The van der Waals surface area contributed by atoms with Crippen molar-refractivity contribution in [3.8, 4) is 0 Å². The summed E-state index contributed by atoms with van der Waals surface area (Å²) in [7, 11) is 0. The molecule has 1 fully saturated rings. The van der Waals surface area contributed by atoms with Crippen LogP contribution in [0.15, 0.2) is 30.9 Å². The highest BCUT2D eigenvalue weighted by Crippen LogP contribution is 2.28. The minimum absolute atomic E-state index is 0.0207. The van der Waals surface area contributed by atoms with E-state index in [0.29, 0.717) is 26.3 Å². The van der Waals surface area contributed by atoms with E-state index in [0.717, 1.165) is 12.1 Å². The first-order valence-corrected chi connectivity index (χ1v) is 7.37. The van der Waals surface area contributed by atoms with E-state index in [1.165, 1.54) is 23.4 Å². The molecule has 1 aliphatic rings. The fourth-order valence-electron chi connectivity index (χ4n) is 2.80. The molecule has 2 heterocycles. The first-order chi connectivity index (χ1) is 11.1. The second kappa shape index (κ2) is 6.69. The van der Waals surface area contributed by atoms with Crippen LogP contribution in [0.5, 0.6) is 0 Å². The van der Waals surface area contributed by atoms with Crippen LogP contribution >= 0.6 is 0 Å². The molecule has 124 valence electrons. The molecule has 0 bridgehead atoms. The van der Waals surface area contributed by atoms with E-state index >= 15 is 0 Å². The number of aromatic nitrogens is 3. The van der Waals surface area contributed by atoms with Gasteiger partial charge in [-0.1, -0.05) is 6.07 Å². The van der Waals surface area contributed by atoms with Crippen molar-refractivity contribution in [1.82, 2.24) is 19.7 Å². The van der Waals surface area contributed by atoms with E-state index in [4.69, 9.17) is 4.74 Å². The van der Waals surface area contributed by atoms with Crippen LogP contribution in [0.2, 0.25) is 0 Å². The Labute approximate surface area is 132 Å². The van der Waals surface area contributed by atoms with Crippen molar-refractivity contribution in [2.75, 3.05) is 32.8 Å². The van der Waals surface area contributed by atoms with Gasteiger partial charge in [-0.05, 0) is 6.07 Å². The van der Waals surface area contributed by atoms with E-state index in [1.54, 1.807) is 0 Å². The third-order valence-electron chi connectivity index (χ3n) is 3.91. The lowest BCUT2D eigenvalue weighted by Crippen LogP contribution is -2.48. The van der Waals surface area contributed by atoms with Crippen LogP contribution in [-0.4, -0.2) is 57.6 Å². The van der Waals surface area contributed by atoms with E-state index in [1.807, 2.05) is 4.90 Å². The molecular weight excluding hydrogens is 306 g/mol. The topological polar surface area (TPSA) is 63.4 Å². The van der Waals surface area contributed by atoms with Crippen molar-refractivity contribution < 1.29 is 18.6 Å². The Morgan fingerprint density at radius 3 is 2.65 bits per heavy atom. The molecule has 0 unspecified atom stereocenters. The molecule has 2 aromatic rings. The lowest BCUT2D eigenvalue weighted by molar-refractivity contribution is -0.0485. The van der Waals surface area contributed by atoms with Gasteiger partial charge in [-0.25, -0.2) is 18.4 Å². The second-order valence-electron chi connectivity index (χ2n) is 5.64. The summed E-state index contributed by atoms with van der Waals surface area (Å²) in [5.41, 5.74) is -1.51. The lowest BCUT2D eigenvalue weighted by atomic mass is 9.92. The summed E-state index contributed by atoms with van der Waals surface area (Å²) in [5.74, 6) is -1.46. The Morgan fingerprint density at radius 2 is 2.00 bits per heavy atom. The maximum Gasteiger partial charge on any atom is 0.137 e. The summed E-state index contributed by atoms with van der Waals surface area (Å²) in [6.07, 6.45) is 2.79. The Kier molecular flexibility index (Phi) is 4.65. The zero-order chi connectivity index (χ0) is 16.3. The van der Waals surface area contributed by atoms with Gasteiger partial charge in [0.05, 0.1) is 19.8 Å². The van der Waals surface area contributed by atoms with Crippen LogP contribution in [0.1, 0.15) is 5.56 Å². The fourth-order valence-corrected chi connectivity index (χ4v) is 2.80. The first kappa shape index (κ1) is 16.0. The molecule has 1 aromatic carbocycles. The molecule has 0 spiro atoms. The van der Waals surface area contributed by atoms with Gasteiger partial charge >= 0.3 is 0 Å². The minimum atomic E-state index is -1.55. The predicted octanol–water partition coefficient (Wildman–Crippen LogP) is 0.776. The molecule has 3 rings (SSSR count). The summed E-state index contributed by atoms with van der Waals surface area (Å²) >= 11 is 0. The summed E-state index contributed by atoms with van der Waals surface area (Å²) in [6, 6.07) is 3.20. The maximum absolute atomic E-state index is 14.2. The highest BCUT2D eigenvalue weighted by Gasteiger charge is 2.35. The van der Waals surface area contributed by atoms with E-state index in [2.05, 4.69) is 10.1 Å². The van der Waals surface area contributed by atoms with Gasteiger partial charge in [0.1, 0.15) is 29.9 Å². The maximum atomic E-state index is 14.2. The van der Waals surface area contributed by atoms with Crippen molar-refractivity contribution in [3.05, 3.63) is 48.1 Å². The van der Waals surface area contributed by atoms with Crippen molar-refractivity contribution in [1.29, 1.82) is 0 Å². The van der Waals surface area contributed by atoms with Crippen LogP contribution in [0.25, 0.3) is 0 Å². The zero-order valence-corrected chi connectivity index (χ0v) is 12.5. The molecule has 1 N–H and O–H groups in total. The lowest BCUT2D eigenvalue weighted by Gasteiger charge is -2.36. The number of halogens is 2. The van der Waals surface area contributed by atoms with Gasteiger partial charge < -0.3 is 9.84 Å². The van der Waals surface area contributed by atoms with Crippen LogP contribution in [0, 0.1) is 11.6 Å². The van der Waals surface area contributed by atoms with Gasteiger partial charge in [-0.2, -0.15) is 5.10 Å². The number of benzene rings is 1. The average Bonchev–Trinajstić information content (AvgIpc) is 3.00. The van der Waals surface area contributed by atoms with Gasteiger partial charge in [0.2, 0.25) is 0 Å². The van der Waals surface area contributed by atoms with Gasteiger partial charge in [-0.15, -0.1) is 0 Å². The normalized spacial score (nSPS) is 18.7. The average molecular weight is 324 g/mol. The summed E-state index contributed by atoms with van der Waals surface area (Å²) in [6.45, 7) is 2.62. The van der Waals surface area contributed by atoms with Gasteiger partial charge in [-0.3, -0.25) is 4.90 Å². The Hall–Kier alpha value is -1.90. The minimum Gasteiger partial charge on any atom is -0.382 e. The van der Waals surface area contributed by atoms with Crippen LogP contribution in [-0.2, 0) is 16.9 Å². The highest BCUT2D eigenvalue weighted by molar-refractivity contribution is 5.25. The Bertz CT molecular complexity index is 647. The molecule has 1 atom stereocenters. The van der Waals surface area contributed by atoms with Crippen molar-refractivity contribution >= 4 is 0 Å². The number of nitrogens with zero attached hydrogens (tertiary/aromatic N) is 4. The molecular formula is C15H18F2N4O2. The summed E-state index contributed by atoms with van der Waals surface area (Å²) < 4.78 is 34.2. The number of rotatable bonds is 5. The molecule has 0 radical (unpaired) electrons.